The lowest BCUT2D eigenvalue weighted by Crippen LogP contribution is -2.87. The number of benzene rings is 6. The minimum absolute atomic E-state index is 0.0911. The van der Waals surface area contributed by atoms with Gasteiger partial charge in [-0.1, -0.05) is 124 Å². The van der Waals surface area contributed by atoms with E-state index in [1.54, 1.807) is 0 Å². The Bertz CT molecular complexity index is 2040. The Morgan fingerprint density at radius 2 is 1.05 bits per heavy atom. The van der Waals surface area contributed by atoms with Crippen LogP contribution in [0.5, 0.6) is 11.5 Å². The summed E-state index contributed by atoms with van der Waals surface area (Å²) >= 11 is 0. The zero-order chi connectivity index (χ0) is 29.6. The van der Waals surface area contributed by atoms with Crippen LogP contribution in [-0.4, -0.2) is 14.8 Å². The molecular weight excluding hydrogens is 549 g/mol. The van der Waals surface area contributed by atoms with Crippen LogP contribution in [0.2, 0.25) is 0 Å². The van der Waals surface area contributed by atoms with Crippen LogP contribution in [0, 0.1) is 0 Å². The summed E-state index contributed by atoms with van der Waals surface area (Å²) in [6.07, 6.45) is 0. The lowest BCUT2D eigenvalue weighted by molar-refractivity contribution is 0.488. The van der Waals surface area contributed by atoms with Gasteiger partial charge in [0.15, 0.2) is 8.07 Å². The number of hydrogen-bond acceptors (Lipinski definition) is 2. The average molecular weight is 582 g/mol. The molecule has 0 N–H and O–H groups in total. The number of anilines is 3. The maximum atomic E-state index is 6.86. The summed E-state index contributed by atoms with van der Waals surface area (Å²) in [5, 5.41) is 5.71. The van der Waals surface area contributed by atoms with E-state index in [2.05, 4.69) is 165 Å². The van der Waals surface area contributed by atoms with Gasteiger partial charge in [0.05, 0.1) is 0 Å². The molecule has 4 heteroatoms. The summed E-state index contributed by atoms with van der Waals surface area (Å²) < 4.78 is 6.86. The van der Waals surface area contributed by atoms with Crippen molar-refractivity contribution < 1.29 is 4.74 Å². The number of ether oxygens (including phenoxy) is 1. The first-order chi connectivity index (χ1) is 21.5. The molecule has 0 atom stereocenters. The summed E-state index contributed by atoms with van der Waals surface area (Å²) in [7, 11) is -2.73. The molecule has 3 aliphatic rings. The van der Waals surface area contributed by atoms with Gasteiger partial charge in [0, 0.05) is 17.1 Å². The second kappa shape index (κ2) is 9.11. The van der Waals surface area contributed by atoms with Gasteiger partial charge >= 0.3 is 0 Å². The van der Waals surface area contributed by atoms with Gasteiger partial charge in [-0.2, -0.15) is 0 Å². The van der Waals surface area contributed by atoms with E-state index in [0.29, 0.717) is 0 Å². The molecule has 0 amide bonds. The first kappa shape index (κ1) is 25.7. The van der Waals surface area contributed by atoms with Crippen molar-refractivity contribution in [2.45, 2.75) is 26.2 Å². The maximum Gasteiger partial charge on any atom is 0.256 e. The van der Waals surface area contributed by atoms with E-state index in [0.717, 1.165) is 11.5 Å². The quantitative estimate of drug-likeness (QED) is 0.270. The smallest absolute Gasteiger partial charge is 0.256 e. The fourth-order valence-corrected chi connectivity index (χ4v) is 13.4. The van der Waals surface area contributed by atoms with Crippen LogP contribution >= 0.6 is 0 Å². The van der Waals surface area contributed by atoms with Gasteiger partial charge in [0.2, 0.25) is 0 Å². The second-order valence-electron chi connectivity index (χ2n) is 13.3. The molecule has 2 nitrogen and oxygen atoms in total. The number of nitrogens with zero attached hydrogens (tertiary/aromatic N) is 1. The Balaban J connectivity index is 1.42. The largest absolute Gasteiger partial charge is 0.458 e. The van der Waals surface area contributed by atoms with E-state index in [4.69, 9.17) is 4.74 Å². The molecule has 0 saturated heterocycles. The Hall–Kier alpha value is -4.80. The topological polar surface area (TPSA) is 12.5 Å². The maximum absolute atomic E-state index is 6.86. The normalized spacial score (nSPS) is 15.0. The van der Waals surface area contributed by atoms with Gasteiger partial charge in [-0.15, -0.1) is 0 Å². The molecule has 0 fully saturated rings. The minimum atomic E-state index is -2.73. The lowest BCUT2D eigenvalue weighted by atomic mass is 9.34. The van der Waals surface area contributed by atoms with E-state index >= 15 is 0 Å². The summed E-state index contributed by atoms with van der Waals surface area (Å²) in [4.78, 5) is 2.48. The third kappa shape index (κ3) is 3.32. The van der Waals surface area contributed by atoms with Crippen molar-refractivity contribution in [1.82, 2.24) is 0 Å². The summed E-state index contributed by atoms with van der Waals surface area (Å²) in [6, 6.07) is 52.1. The van der Waals surface area contributed by atoms with Crippen molar-refractivity contribution in [1.29, 1.82) is 0 Å². The highest BCUT2D eigenvalue weighted by atomic mass is 28.3. The summed E-state index contributed by atoms with van der Waals surface area (Å²) in [5.41, 5.74) is 9.12. The summed E-state index contributed by atoms with van der Waals surface area (Å²) in [6.45, 7) is 6.94. The Morgan fingerprint density at radius 3 is 1.66 bits per heavy atom. The standard InChI is InChI=1S/C40H32BNOSi/c1-40(2,3)27-23-25-28(26-24-27)42-31-17-10-19-33-37(31)41-38-32(42)18-11-21-35(38)44(29-13-6-4-7-14-29,30-15-8-5-9-16-30)36-22-12-20-34(43-33)39(36)41/h4-26H,1-3H3. The summed E-state index contributed by atoms with van der Waals surface area (Å²) in [5.74, 6) is 1.95. The molecule has 3 heterocycles. The number of rotatable bonds is 3. The van der Waals surface area contributed by atoms with Crippen LogP contribution in [0.1, 0.15) is 26.3 Å². The van der Waals surface area contributed by atoms with Gasteiger partial charge in [0.25, 0.3) is 6.71 Å². The second-order valence-corrected chi connectivity index (χ2v) is 17.0. The van der Waals surface area contributed by atoms with E-state index in [1.807, 2.05) is 0 Å². The molecule has 0 bridgehead atoms. The minimum Gasteiger partial charge on any atom is -0.458 e. The van der Waals surface area contributed by atoms with Crippen molar-refractivity contribution in [3.8, 4) is 11.5 Å². The van der Waals surface area contributed by atoms with E-state index in [9.17, 15) is 0 Å². The predicted molar refractivity (Wildman–Crippen MR) is 188 cm³/mol. The average Bonchev–Trinajstić information content (AvgIpc) is 3.06. The van der Waals surface area contributed by atoms with Crippen molar-refractivity contribution in [2.75, 3.05) is 4.90 Å². The first-order valence-electron chi connectivity index (χ1n) is 15.6. The van der Waals surface area contributed by atoms with Crippen LogP contribution in [0.25, 0.3) is 0 Å². The van der Waals surface area contributed by atoms with Crippen LogP contribution in [0.3, 0.4) is 0 Å². The zero-order valence-corrected chi connectivity index (χ0v) is 26.2. The highest BCUT2D eigenvalue weighted by Crippen LogP contribution is 2.41. The molecule has 210 valence electrons. The van der Waals surface area contributed by atoms with Gasteiger partial charge in [-0.25, -0.2) is 0 Å². The van der Waals surface area contributed by atoms with E-state index < -0.39 is 8.07 Å². The molecule has 3 aliphatic heterocycles. The van der Waals surface area contributed by atoms with Crippen molar-refractivity contribution in [3.05, 3.63) is 145 Å². The highest BCUT2D eigenvalue weighted by Gasteiger charge is 2.55. The van der Waals surface area contributed by atoms with Crippen LogP contribution in [0.4, 0.5) is 17.1 Å². The monoisotopic (exact) mass is 581 g/mol. The van der Waals surface area contributed by atoms with Gasteiger partial charge in [-0.05, 0) is 84.5 Å². The zero-order valence-electron chi connectivity index (χ0n) is 25.2. The Morgan fingerprint density at radius 1 is 0.523 bits per heavy atom. The van der Waals surface area contributed by atoms with Crippen LogP contribution in [0.15, 0.2) is 140 Å². The molecule has 0 spiro atoms. The van der Waals surface area contributed by atoms with E-state index in [-0.39, 0.29) is 12.1 Å². The molecular formula is C40H32BNOSi. The molecule has 44 heavy (non-hydrogen) atoms. The molecule has 0 unspecified atom stereocenters. The molecule has 0 aliphatic carbocycles. The van der Waals surface area contributed by atoms with Crippen molar-refractivity contribution >= 4 is 69.0 Å². The van der Waals surface area contributed by atoms with Crippen molar-refractivity contribution in [3.63, 3.8) is 0 Å². The van der Waals surface area contributed by atoms with Crippen LogP contribution < -0.4 is 46.8 Å². The molecule has 9 rings (SSSR count). The molecule has 6 aromatic carbocycles. The molecule has 0 aromatic heterocycles. The van der Waals surface area contributed by atoms with Crippen LogP contribution in [-0.2, 0) is 5.41 Å². The SMILES string of the molecule is CC(C)(C)c1ccc(N2c3cccc4c3B3c5c(cccc5[Si](c5ccccc5)(c5ccccc5)c5cccc2c53)O4)cc1. The molecule has 0 saturated carbocycles. The van der Waals surface area contributed by atoms with E-state index in [1.165, 1.54) is 59.8 Å². The Kier molecular flexibility index (Phi) is 5.31. The third-order valence-corrected chi connectivity index (χ3v) is 14.9. The first-order valence-corrected chi connectivity index (χ1v) is 17.6. The lowest BCUT2D eigenvalue weighted by Gasteiger charge is -2.49. The fourth-order valence-electron chi connectivity index (χ4n) is 8.12. The predicted octanol–water partition coefficient (Wildman–Crippen LogP) is 5.08. The van der Waals surface area contributed by atoms with Crippen molar-refractivity contribution in [2.24, 2.45) is 0 Å². The van der Waals surface area contributed by atoms with Gasteiger partial charge < -0.3 is 9.64 Å². The highest BCUT2D eigenvalue weighted by molar-refractivity contribution is 7.27. The molecule has 6 aromatic rings. The van der Waals surface area contributed by atoms with Gasteiger partial charge in [-0.3, -0.25) is 0 Å². The third-order valence-electron chi connectivity index (χ3n) is 9.97. The Labute approximate surface area is 260 Å². The number of hydrogen-bond donors (Lipinski definition) is 0. The van der Waals surface area contributed by atoms with Gasteiger partial charge in [0.1, 0.15) is 11.5 Å². The fraction of sp³-hybridized carbons (Fsp3) is 0.100. The molecule has 0 radical (unpaired) electrons.